The number of likely N-dealkylation sites (tertiary alicyclic amines) is 1. The molecular formula is C31H47N3O4. The van der Waals surface area contributed by atoms with Gasteiger partial charge in [-0.2, -0.15) is 0 Å². The van der Waals surface area contributed by atoms with Crippen LogP contribution in [0, 0.1) is 19.8 Å². The first kappa shape index (κ1) is 29.9. The molecule has 1 aliphatic heterocycles. The van der Waals surface area contributed by atoms with Crippen LogP contribution >= 0.6 is 0 Å². The van der Waals surface area contributed by atoms with Crippen LogP contribution < -0.4 is 15.4 Å². The number of aryl methyl sites for hydroxylation is 2. The van der Waals surface area contributed by atoms with E-state index in [1.807, 2.05) is 76.0 Å². The minimum Gasteiger partial charge on any atom is -0.457 e. The van der Waals surface area contributed by atoms with Gasteiger partial charge in [-0.05, 0) is 91.1 Å². The van der Waals surface area contributed by atoms with E-state index in [0.29, 0.717) is 38.4 Å². The Balaban J connectivity index is 1.93. The Labute approximate surface area is 228 Å². The number of methoxy groups -OCH3 is 1. The van der Waals surface area contributed by atoms with E-state index in [-0.39, 0.29) is 17.5 Å². The van der Waals surface area contributed by atoms with Crippen molar-refractivity contribution in [3.63, 3.8) is 0 Å². The molecule has 2 aromatic rings. The zero-order valence-electron chi connectivity index (χ0n) is 24.1. The Bertz CT molecular complexity index is 1040. The lowest BCUT2D eigenvalue weighted by Crippen LogP contribution is -2.57. The summed E-state index contributed by atoms with van der Waals surface area (Å²) >= 11 is 0. The average Bonchev–Trinajstić information content (AvgIpc) is 2.88. The fourth-order valence-corrected chi connectivity index (χ4v) is 5.41. The summed E-state index contributed by atoms with van der Waals surface area (Å²) in [6.45, 7) is 10.6. The number of hydrogen-bond donors (Lipinski definition) is 3. The summed E-state index contributed by atoms with van der Waals surface area (Å²) in [5, 5.41) is 18.9. The maximum atomic E-state index is 13.3. The number of benzene rings is 2. The number of rotatable bonds is 12. The van der Waals surface area contributed by atoms with Gasteiger partial charge in [-0.3, -0.25) is 0 Å². The van der Waals surface area contributed by atoms with E-state index < -0.39 is 5.60 Å². The summed E-state index contributed by atoms with van der Waals surface area (Å²) in [5.41, 5.74) is 1.48. The molecule has 0 unspecified atom stereocenters. The SMILES string of the molecule is CNCC(C)(C)NC(=O)N1CCC[C@@H]([C@@](O)(CCCCOC)c2cc(C)ccc2Oc2ccc(C)cc2)C1. The number of unbranched alkanes of at least 4 members (excludes halogenated alkanes) is 1. The quantitative estimate of drug-likeness (QED) is 0.318. The van der Waals surface area contributed by atoms with Gasteiger partial charge in [0, 0.05) is 50.4 Å². The van der Waals surface area contributed by atoms with Gasteiger partial charge < -0.3 is 30.1 Å². The summed E-state index contributed by atoms with van der Waals surface area (Å²) in [7, 11) is 3.58. The molecule has 2 amide bonds. The monoisotopic (exact) mass is 525 g/mol. The molecule has 1 fully saturated rings. The summed E-state index contributed by atoms with van der Waals surface area (Å²) in [6.07, 6.45) is 3.90. The lowest BCUT2D eigenvalue weighted by atomic mass is 9.73. The topological polar surface area (TPSA) is 83.1 Å². The van der Waals surface area contributed by atoms with Crippen LogP contribution in [0.3, 0.4) is 0 Å². The van der Waals surface area contributed by atoms with E-state index in [1.165, 1.54) is 0 Å². The molecule has 0 spiro atoms. The van der Waals surface area contributed by atoms with Gasteiger partial charge in [0.25, 0.3) is 0 Å². The molecular weight excluding hydrogens is 478 g/mol. The molecule has 210 valence electrons. The van der Waals surface area contributed by atoms with Crippen LogP contribution in [0.4, 0.5) is 4.79 Å². The summed E-state index contributed by atoms with van der Waals surface area (Å²) in [5.74, 6) is 1.27. The van der Waals surface area contributed by atoms with Gasteiger partial charge in [0.2, 0.25) is 0 Å². The summed E-state index contributed by atoms with van der Waals surface area (Å²) in [4.78, 5) is 15.1. The number of aliphatic hydroxyl groups is 1. The van der Waals surface area contributed by atoms with Gasteiger partial charge in [0.1, 0.15) is 11.5 Å². The van der Waals surface area contributed by atoms with Gasteiger partial charge in [-0.15, -0.1) is 0 Å². The molecule has 0 saturated carbocycles. The van der Waals surface area contributed by atoms with Gasteiger partial charge in [-0.25, -0.2) is 4.79 Å². The number of carbonyl (C=O) groups is 1. The van der Waals surface area contributed by atoms with Crippen molar-refractivity contribution in [2.75, 3.05) is 40.4 Å². The highest BCUT2D eigenvalue weighted by atomic mass is 16.5. The van der Waals surface area contributed by atoms with Crippen LogP contribution in [0.1, 0.15) is 62.6 Å². The molecule has 1 heterocycles. The third-order valence-electron chi connectivity index (χ3n) is 7.45. The largest absolute Gasteiger partial charge is 0.457 e. The number of carbonyl (C=O) groups excluding carboxylic acids is 1. The van der Waals surface area contributed by atoms with Crippen molar-refractivity contribution in [3.05, 3.63) is 59.2 Å². The van der Waals surface area contributed by atoms with Crippen molar-refractivity contribution in [2.45, 2.75) is 70.9 Å². The molecule has 2 aromatic carbocycles. The normalized spacial score (nSPS) is 17.7. The zero-order valence-corrected chi connectivity index (χ0v) is 24.1. The molecule has 0 aliphatic carbocycles. The minimum absolute atomic E-state index is 0.0861. The van der Waals surface area contributed by atoms with Gasteiger partial charge >= 0.3 is 6.03 Å². The van der Waals surface area contributed by atoms with Crippen molar-refractivity contribution in [3.8, 4) is 11.5 Å². The zero-order chi connectivity index (χ0) is 27.8. The first-order chi connectivity index (χ1) is 18.1. The average molecular weight is 526 g/mol. The summed E-state index contributed by atoms with van der Waals surface area (Å²) < 4.78 is 11.6. The predicted molar refractivity (Wildman–Crippen MR) is 153 cm³/mol. The van der Waals surface area contributed by atoms with Gasteiger partial charge in [0.05, 0.1) is 5.60 Å². The van der Waals surface area contributed by atoms with E-state index in [4.69, 9.17) is 9.47 Å². The molecule has 7 nitrogen and oxygen atoms in total. The van der Waals surface area contributed by atoms with Gasteiger partial charge in [0.15, 0.2) is 0 Å². The van der Waals surface area contributed by atoms with E-state index in [0.717, 1.165) is 48.1 Å². The highest BCUT2D eigenvalue weighted by Gasteiger charge is 2.43. The van der Waals surface area contributed by atoms with Crippen molar-refractivity contribution in [1.29, 1.82) is 0 Å². The molecule has 3 rings (SSSR count). The molecule has 7 heteroatoms. The second-order valence-corrected chi connectivity index (χ2v) is 11.4. The third kappa shape index (κ3) is 7.95. The fourth-order valence-electron chi connectivity index (χ4n) is 5.41. The number of hydrogen-bond acceptors (Lipinski definition) is 5. The summed E-state index contributed by atoms with van der Waals surface area (Å²) in [6, 6.07) is 13.9. The van der Waals surface area contributed by atoms with E-state index >= 15 is 0 Å². The minimum atomic E-state index is -1.15. The van der Waals surface area contributed by atoms with Crippen molar-refractivity contribution < 1.29 is 19.4 Å². The van der Waals surface area contributed by atoms with Gasteiger partial charge in [-0.1, -0.05) is 29.3 Å². The van der Waals surface area contributed by atoms with Crippen LogP contribution in [0.25, 0.3) is 0 Å². The Kier molecular flexibility index (Phi) is 10.6. The molecule has 0 radical (unpaired) electrons. The Morgan fingerprint density at radius 2 is 1.82 bits per heavy atom. The predicted octanol–water partition coefficient (Wildman–Crippen LogP) is 5.52. The Hall–Kier alpha value is -2.61. The molecule has 0 aromatic heterocycles. The smallest absolute Gasteiger partial charge is 0.317 e. The molecule has 3 N–H and O–H groups in total. The third-order valence-corrected chi connectivity index (χ3v) is 7.45. The Morgan fingerprint density at radius 3 is 2.50 bits per heavy atom. The maximum Gasteiger partial charge on any atom is 0.317 e. The van der Waals surface area contributed by atoms with E-state index in [2.05, 4.69) is 16.7 Å². The molecule has 0 bridgehead atoms. The standard InChI is InChI=1S/C31H47N3O4/c1-23-11-14-26(15-12-23)38-28-16-13-24(2)20-27(28)31(36,17-7-8-19-37-6)25-10-9-18-34(21-25)29(35)33-30(3,4)22-32-5/h11-16,20,25,32,36H,7-10,17-19,21-22H2,1-6H3,(H,33,35)/t25-,31+/m1/s1. The first-order valence-electron chi connectivity index (χ1n) is 13.9. The van der Waals surface area contributed by atoms with Crippen LogP contribution in [0.2, 0.25) is 0 Å². The Morgan fingerprint density at radius 1 is 1.11 bits per heavy atom. The molecule has 1 aliphatic rings. The van der Waals surface area contributed by atoms with E-state index in [9.17, 15) is 9.90 Å². The van der Waals surface area contributed by atoms with Crippen molar-refractivity contribution in [1.82, 2.24) is 15.5 Å². The highest BCUT2D eigenvalue weighted by Crippen LogP contribution is 2.44. The second kappa shape index (κ2) is 13.5. The van der Waals surface area contributed by atoms with E-state index in [1.54, 1.807) is 7.11 Å². The fraction of sp³-hybridized carbons (Fsp3) is 0.581. The number of likely N-dealkylation sites (N-methyl/N-ethyl adjacent to an activating group) is 1. The highest BCUT2D eigenvalue weighted by molar-refractivity contribution is 5.75. The molecule has 2 atom stereocenters. The number of piperidine rings is 1. The van der Waals surface area contributed by atoms with Crippen molar-refractivity contribution in [2.24, 2.45) is 5.92 Å². The first-order valence-corrected chi connectivity index (χ1v) is 13.9. The van der Waals surface area contributed by atoms with Crippen LogP contribution in [-0.2, 0) is 10.3 Å². The van der Waals surface area contributed by atoms with Crippen molar-refractivity contribution >= 4 is 6.03 Å². The number of amides is 2. The van der Waals surface area contributed by atoms with Crippen LogP contribution in [0.5, 0.6) is 11.5 Å². The number of urea groups is 1. The second-order valence-electron chi connectivity index (χ2n) is 11.4. The maximum absolute atomic E-state index is 13.3. The lowest BCUT2D eigenvalue weighted by Gasteiger charge is -2.44. The molecule has 38 heavy (non-hydrogen) atoms. The van der Waals surface area contributed by atoms with Crippen LogP contribution in [0.15, 0.2) is 42.5 Å². The number of nitrogens with one attached hydrogen (secondary N) is 2. The lowest BCUT2D eigenvalue weighted by molar-refractivity contribution is -0.0576. The van der Waals surface area contributed by atoms with Crippen LogP contribution in [-0.4, -0.2) is 62.0 Å². The number of nitrogens with zero attached hydrogens (tertiary/aromatic N) is 1. The molecule has 1 saturated heterocycles. The number of ether oxygens (including phenoxy) is 2.